The van der Waals surface area contributed by atoms with Crippen LogP contribution in [-0.4, -0.2) is 22.7 Å². The third-order valence-electron chi connectivity index (χ3n) is 12.1. The number of aliphatic imine (C=N–C) groups is 1. The molecule has 5 heteroatoms. The second kappa shape index (κ2) is 12.0. The summed E-state index contributed by atoms with van der Waals surface area (Å²) in [4.78, 5) is 8.22. The molecule has 254 valence electrons. The molecule has 0 bridgehead atoms. The highest BCUT2D eigenvalue weighted by molar-refractivity contribution is 5.90. The Hall–Kier alpha value is -5.65. The molecule has 0 saturated heterocycles. The summed E-state index contributed by atoms with van der Waals surface area (Å²) in [5, 5.41) is 13.0. The van der Waals surface area contributed by atoms with Crippen LogP contribution in [0.3, 0.4) is 0 Å². The molecule has 3 heterocycles. The average molecular weight is 676 g/mol. The van der Waals surface area contributed by atoms with E-state index in [-0.39, 0.29) is 12.3 Å². The van der Waals surface area contributed by atoms with E-state index in [1.807, 2.05) is 0 Å². The lowest BCUT2D eigenvalue weighted by Crippen LogP contribution is -2.58. The van der Waals surface area contributed by atoms with Gasteiger partial charge in [0.1, 0.15) is 6.17 Å². The van der Waals surface area contributed by atoms with Crippen LogP contribution in [0.4, 0.5) is 5.69 Å². The number of nitrogens with zero attached hydrogens (tertiary/aromatic N) is 3. The van der Waals surface area contributed by atoms with Gasteiger partial charge in [-0.05, 0) is 71.4 Å². The molecule has 0 saturated carbocycles. The van der Waals surface area contributed by atoms with Crippen molar-refractivity contribution in [3.63, 3.8) is 0 Å². The highest BCUT2D eigenvalue weighted by Crippen LogP contribution is 2.47. The molecule has 11 rings (SSSR count). The SMILES string of the molecule is C1=CCC2C=c3c4c(n(C5=NC(c6cccc7ccccc67)NC(C6C=CC=CC6)N5)c3=CC2=C1)CCC(N1c2ccccc2C2C=CC=CC21)=C4. The standard InChI is InChI=1S/C47H41N5/c1-2-14-31(15-3-1)45-48-46(38-22-12-18-30-13-6-7-19-35(30)38)50-47(49-45)52-43-26-25-34(29-40(43)39-27-32-16-4-5-17-33(32)28-44(39)52)51-41-23-10-8-20-36(41)37-21-9-11-24-42(37)51/h1-14,17-24,27-29,31-32,36,41,45-46,48H,15-16,25-26H2,(H,49,50). The number of para-hydroxylation sites is 1. The number of hydrogen-bond acceptors (Lipinski definition) is 4. The third kappa shape index (κ3) is 4.69. The molecule has 0 radical (unpaired) electrons. The molecule has 5 nitrogen and oxygen atoms in total. The molecule has 2 aliphatic heterocycles. The third-order valence-corrected chi connectivity index (χ3v) is 12.1. The summed E-state index contributed by atoms with van der Waals surface area (Å²) in [6, 6.07) is 24.6. The van der Waals surface area contributed by atoms with Gasteiger partial charge in [-0.3, -0.25) is 9.88 Å². The summed E-state index contributed by atoms with van der Waals surface area (Å²) in [5.41, 5.74) is 9.45. The fourth-order valence-electron chi connectivity index (χ4n) is 9.69. The summed E-state index contributed by atoms with van der Waals surface area (Å²) >= 11 is 0. The van der Waals surface area contributed by atoms with Crippen molar-refractivity contribution in [2.24, 2.45) is 16.8 Å². The van der Waals surface area contributed by atoms with Gasteiger partial charge in [0, 0.05) is 45.6 Å². The van der Waals surface area contributed by atoms with Crippen molar-refractivity contribution < 1.29 is 0 Å². The van der Waals surface area contributed by atoms with Gasteiger partial charge >= 0.3 is 0 Å². The lowest BCUT2D eigenvalue weighted by atomic mass is 9.87. The zero-order chi connectivity index (χ0) is 34.2. The number of fused-ring (bicyclic) bond motifs is 8. The number of hydrogen-bond donors (Lipinski definition) is 2. The van der Waals surface area contributed by atoms with Crippen molar-refractivity contribution in [1.82, 2.24) is 15.2 Å². The normalized spacial score (nSPS) is 27.6. The molecule has 7 aliphatic rings. The number of benzene rings is 3. The van der Waals surface area contributed by atoms with Crippen molar-refractivity contribution in [3.05, 3.63) is 178 Å². The van der Waals surface area contributed by atoms with Crippen LogP contribution in [-0.2, 0) is 6.42 Å². The lowest BCUT2D eigenvalue weighted by Gasteiger charge is -2.37. The maximum absolute atomic E-state index is 5.59. The van der Waals surface area contributed by atoms with Gasteiger partial charge in [0.15, 0.2) is 0 Å². The van der Waals surface area contributed by atoms with Crippen LogP contribution in [0.15, 0.2) is 150 Å². The summed E-state index contributed by atoms with van der Waals surface area (Å²) in [6.45, 7) is 0. The molecule has 4 aromatic rings. The van der Waals surface area contributed by atoms with Gasteiger partial charge in [0.25, 0.3) is 0 Å². The maximum Gasteiger partial charge on any atom is 0.206 e. The van der Waals surface area contributed by atoms with E-state index in [1.54, 1.807) is 0 Å². The Morgan fingerprint density at radius 3 is 2.56 bits per heavy atom. The maximum atomic E-state index is 5.59. The van der Waals surface area contributed by atoms with Gasteiger partial charge in [0.05, 0.1) is 17.6 Å². The van der Waals surface area contributed by atoms with Gasteiger partial charge in [-0.1, -0.05) is 134 Å². The Kier molecular flexibility index (Phi) is 6.91. The zero-order valence-corrected chi connectivity index (χ0v) is 29.1. The lowest BCUT2D eigenvalue weighted by molar-refractivity contribution is 0.324. The molecule has 5 aliphatic carbocycles. The molecular formula is C47H41N5. The van der Waals surface area contributed by atoms with Crippen molar-refractivity contribution in [1.29, 1.82) is 0 Å². The molecule has 52 heavy (non-hydrogen) atoms. The minimum atomic E-state index is -0.198. The second-order valence-corrected chi connectivity index (χ2v) is 15.0. The quantitative estimate of drug-likeness (QED) is 0.235. The number of rotatable bonds is 3. The summed E-state index contributed by atoms with van der Waals surface area (Å²) in [7, 11) is 0. The topological polar surface area (TPSA) is 44.6 Å². The van der Waals surface area contributed by atoms with E-state index in [0.717, 1.165) is 31.6 Å². The Labute approximate surface area is 304 Å². The number of anilines is 1. The van der Waals surface area contributed by atoms with E-state index in [2.05, 4.69) is 172 Å². The molecule has 1 aromatic heterocycles. The zero-order valence-electron chi connectivity index (χ0n) is 29.1. The fourth-order valence-corrected chi connectivity index (χ4v) is 9.69. The predicted molar refractivity (Wildman–Crippen MR) is 214 cm³/mol. The van der Waals surface area contributed by atoms with Crippen molar-refractivity contribution >= 4 is 40.6 Å². The van der Waals surface area contributed by atoms with Crippen LogP contribution in [0.2, 0.25) is 0 Å². The Bertz CT molecular complexity index is 2530. The highest BCUT2D eigenvalue weighted by atomic mass is 15.4. The monoisotopic (exact) mass is 675 g/mol. The van der Waals surface area contributed by atoms with E-state index in [9.17, 15) is 0 Å². The van der Waals surface area contributed by atoms with Gasteiger partial charge in [-0.15, -0.1) is 0 Å². The van der Waals surface area contributed by atoms with Crippen LogP contribution in [0, 0.1) is 11.8 Å². The fraction of sp³-hybridized carbons (Fsp3) is 0.213. The first kappa shape index (κ1) is 30.0. The van der Waals surface area contributed by atoms with Crippen molar-refractivity contribution in [2.45, 2.75) is 50.0 Å². The summed E-state index contributed by atoms with van der Waals surface area (Å²) in [6.07, 6.45) is 36.3. The Morgan fingerprint density at radius 1 is 0.750 bits per heavy atom. The van der Waals surface area contributed by atoms with E-state index in [1.165, 1.54) is 60.7 Å². The number of aromatic nitrogens is 1. The summed E-state index contributed by atoms with van der Waals surface area (Å²) < 4.78 is 2.49. The molecule has 3 aromatic carbocycles. The average Bonchev–Trinajstić information content (AvgIpc) is 3.72. The molecular weight excluding hydrogens is 635 g/mol. The van der Waals surface area contributed by atoms with Gasteiger partial charge < -0.3 is 10.2 Å². The van der Waals surface area contributed by atoms with Crippen LogP contribution in [0.25, 0.3) is 29.0 Å². The van der Waals surface area contributed by atoms with Crippen molar-refractivity contribution in [2.75, 3.05) is 4.90 Å². The van der Waals surface area contributed by atoms with Crippen LogP contribution >= 0.6 is 0 Å². The van der Waals surface area contributed by atoms with Crippen LogP contribution < -0.4 is 26.1 Å². The minimum Gasteiger partial charge on any atom is -0.340 e. The first-order chi connectivity index (χ1) is 25.8. The first-order valence-electron chi connectivity index (χ1n) is 19.0. The van der Waals surface area contributed by atoms with Crippen molar-refractivity contribution in [3.8, 4) is 0 Å². The minimum absolute atomic E-state index is 0.0161. The number of nitrogens with one attached hydrogen (secondary N) is 2. The Balaban J connectivity index is 1.10. The smallest absolute Gasteiger partial charge is 0.206 e. The summed E-state index contributed by atoms with van der Waals surface area (Å²) in [5.74, 6) is 2.00. The molecule has 6 atom stereocenters. The van der Waals surface area contributed by atoms with Crippen LogP contribution in [0.1, 0.15) is 53.7 Å². The van der Waals surface area contributed by atoms with Gasteiger partial charge in [0.2, 0.25) is 5.96 Å². The molecule has 0 fully saturated rings. The van der Waals surface area contributed by atoms with Gasteiger partial charge in [-0.2, -0.15) is 0 Å². The number of allylic oxidation sites excluding steroid dienone is 10. The molecule has 2 N–H and O–H groups in total. The van der Waals surface area contributed by atoms with E-state index < -0.39 is 0 Å². The second-order valence-electron chi connectivity index (χ2n) is 15.0. The molecule has 6 unspecified atom stereocenters. The van der Waals surface area contributed by atoms with Crippen LogP contribution in [0.5, 0.6) is 0 Å². The van der Waals surface area contributed by atoms with E-state index in [4.69, 9.17) is 4.99 Å². The Morgan fingerprint density at radius 2 is 1.60 bits per heavy atom. The van der Waals surface area contributed by atoms with E-state index in [0.29, 0.717) is 23.8 Å². The molecule has 0 spiro atoms. The largest absolute Gasteiger partial charge is 0.340 e. The van der Waals surface area contributed by atoms with E-state index >= 15 is 0 Å². The van der Waals surface area contributed by atoms with Gasteiger partial charge in [-0.25, -0.2) is 4.99 Å². The first-order valence-corrected chi connectivity index (χ1v) is 19.0. The highest BCUT2D eigenvalue weighted by Gasteiger charge is 2.39. The predicted octanol–water partition coefficient (Wildman–Crippen LogP) is 7.66. The molecule has 0 amide bonds.